The molecule has 2 fully saturated rings. The van der Waals surface area contributed by atoms with Crippen LogP contribution < -0.4 is 0 Å². The van der Waals surface area contributed by atoms with Crippen LogP contribution in [-0.2, 0) is 19.6 Å². The maximum absolute atomic E-state index is 11.9. The maximum atomic E-state index is 11.9. The van der Waals surface area contributed by atoms with Crippen molar-refractivity contribution >= 4 is 15.9 Å². The van der Waals surface area contributed by atoms with Gasteiger partial charge in [0.05, 0.1) is 19.5 Å². The summed E-state index contributed by atoms with van der Waals surface area (Å²) >= 11 is 0. The quantitative estimate of drug-likeness (QED) is 0.689. The van der Waals surface area contributed by atoms with Gasteiger partial charge in [-0.3, -0.25) is 4.79 Å². The van der Waals surface area contributed by atoms with Crippen molar-refractivity contribution in [1.82, 2.24) is 9.21 Å². The van der Waals surface area contributed by atoms with E-state index in [0.29, 0.717) is 32.8 Å². The Morgan fingerprint density at radius 3 is 2.44 bits per heavy atom. The van der Waals surface area contributed by atoms with Crippen LogP contribution in [0.1, 0.15) is 19.3 Å². The highest BCUT2D eigenvalue weighted by Crippen LogP contribution is 2.28. The van der Waals surface area contributed by atoms with Gasteiger partial charge in [0.15, 0.2) is 0 Å². The average Bonchev–Trinajstić information content (AvgIpc) is 3.13. The smallest absolute Gasteiger partial charge is 0.224 e. The zero-order valence-electron chi connectivity index (χ0n) is 10.7. The van der Waals surface area contributed by atoms with Crippen molar-refractivity contribution in [3.63, 3.8) is 0 Å². The van der Waals surface area contributed by atoms with Gasteiger partial charge in [0.1, 0.15) is 0 Å². The monoisotopic (exact) mass is 276 g/mol. The number of carbonyl (C=O) groups is 1. The van der Waals surface area contributed by atoms with Crippen LogP contribution in [0.25, 0.3) is 0 Å². The van der Waals surface area contributed by atoms with Crippen molar-refractivity contribution in [2.45, 2.75) is 25.3 Å². The van der Waals surface area contributed by atoms with Gasteiger partial charge in [0, 0.05) is 32.1 Å². The van der Waals surface area contributed by atoms with Crippen molar-refractivity contribution < 1.29 is 17.9 Å². The molecule has 0 radical (unpaired) electrons. The van der Waals surface area contributed by atoms with Gasteiger partial charge in [0.25, 0.3) is 0 Å². The predicted octanol–water partition coefficient (Wildman–Crippen LogP) is -0.341. The molecule has 0 aromatic heterocycles. The van der Waals surface area contributed by atoms with E-state index in [2.05, 4.69) is 0 Å². The number of hydrogen-bond acceptors (Lipinski definition) is 4. The molecule has 0 atom stereocenters. The van der Waals surface area contributed by atoms with E-state index < -0.39 is 10.0 Å². The molecule has 6 nitrogen and oxygen atoms in total. The first kappa shape index (κ1) is 13.8. The number of ether oxygens (including phenoxy) is 1. The Morgan fingerprint density at radius 1 is 1.33 bits per heavy atom. The molecule has 18 heavy (non-hydrogen) atoms. The molecule has 1 aliphatic carbocycles. The zero-order valence-corrected chi connectivity index (χ0v) is 11.5. The van der Waals surface area contributed by atoms with Crippen LogP contribution in [0.4, 0.5) is 0 Å². The minimum Gasteiger partial charge on any atom is -0.378 e. The summed E-state index contributed by atoms with van der Waals surface area (Å²) in [6.45, 7) is 2.68. The number of sulfonamides is 1. The fourth-order valence-electron chi connectivity index (χ4n) is 2.16. The molecule has 0 aromatic carbocycles. The van der Waals surface area contributed by atoms with E-state index in [1.54, 1.807) is 4.90 Å². The van der Waals surface area contributed by atoms with E-state index in [4.69, 9.17) is 4.74 Å². The van der Waals surface area contributed by atoms with E-state index in [1.165, 1.54) is 10.6 Å². The first-order valence-corrected chi connectivity index (χ1v) is 8.15. The molecule has 1 saturated carbocycles. The Bertz CT molecular complexity index is 399. The Labute approximate surface area is 108 Å². The van der Waals surface area contributed by atoms with E-state index in [-0.39, 0.29) is 18.4 Å². The van der Waals surface area contributed by atoms with Gasteiger partial charge < -0.3 is 9.64 Å². The lowest BCUT2D eigenvalue weighted by Gasteiger charge is -2.28. The Kier molecular flexibility index (Phi) is 4.24. The van der Waals surface area contributed by atoms with Crippen LogP contribution in [-0.4, -0.2) is 68.7 Å². The van der Waals surface area contributed by atoms with E-state index in [1.807, 2.05) is 0 Å². The number of nitrogens with zero attached hydrogens (tertiary/aromatic N) is 2. The second-order valence-electron chi connectivity index (χ2n) is 4.85. The van der Waals surface area contributed by atoms with Gasteiger partial charge in [-0.25, -0.2) is 8.42 Å². The first-order valence-electron chi connectivity index (χ1n) is 6.31. The Hall–Kier alpha value is -0.660. The van der Waals surface area contributed by atoms with Crippen LogP contribution in [0.3, 0.4) is 0 Å². The average molecular weight is 276 g/mol. The van der Waals surface area contributed by atoms with E-state index >= 15 is 0 Å². The second-order valence-corrected chi connectivity index (χ2v) is 6.78. The predicted molar refractivity (Wildman–Crippen MR) is 66.6 cm³/mol. The minimum atomic E-state index is -3.19. The van der Waals surface area contributed by atoms with Crippen LogP contribution in [0, 0.1) is 0 Å². The molecule has 0 aromatic rings. The standard InChI is InChI=1S/C11H20N2O4S/c1-18(15,16)13(10-2-3-10)5-4-11(14)12-6-8-17-9-7-12/h10H,2-9H2,1H3. The highest BCUT2D eigenvalue weighted by molar-refractivity contribution is 7.88. The molecule has 7 heteroatoms. The summed E-state index contributed by atoms with van der Waals surface area (Å²) in [6, 6.07) is 0.123. The van der Waals surface area contributed by atoms with Gasteiger partial charge in [0.2, 0.25) is 15.9 Å². The number of rotatable bonds is 5. The molecule has 1 saturated heterocycles. The third-order valence-corrected chi connectivity index (χ3v) is 4.62. The molecule has 0 bridgehead atoms. The van der Waals surface area contributed by atoms with Crippen molar-refractivity contribution in [3.8, 4) is 0 Å². The summed E-state index contributed by atoms with van der Waals surface area (Å²) < 4.78 is 29.8. The van der Waals surface area contributed by atoms with Gasteiger partial charge >= 0.3 is 0 Å². The van der Waals surface area contributed by atoms with Crippen molar-refractivity contribution in [1.29, 1.82) is 0 Å². The Balaban J connectivity index is 1.83. The molecule has 1 aliphatic heterocycles. The SMILES string of the molecule is CS(=O)(=O)N(CCC(=O)N1CCOCC1)C1CC1. The molecule has 0 spiro atoms. The zero-order chi connectivity index (χ0) is 13.2. The lowest BCUT2D eigenvalue weighted by Crippen LogP contribution is -2.42. The van der Waals surface area contributed by atoms with E-state index in [0.717, 1.165) is 12.8 Å². The summed E-state index contributed by atoms with van der Waals surface area (Å²) in [6.07, 6.45) is 3.31. The molecule has 104 valence electrons. The van der Waals surface area contributed by atoms with Crippen LogP contribution in [0.5, 0.6) is 0 Å². The third-order valence-electron chi connectivity index (χ3n) is 3.29. The maximum Gasteiger partial charge on any atom is 0.224 e. The Morgan fingerprint density at radius 2 is 1.94 bits per heavy atom. The van der Waals surface area contributed by atoms with Crippen LogP contribution in [0.2, 0.25) is 0 Å². The summed E-state index contributed by atoms with van der Waals surface area (Å²) in [5, 5.41) is 0. The second kappa shape index (κ2) is 5.54. The third kappa shape index (κ3) is 3.66. The van der Waals surface area contributed by atoms with Gasteiger partial charge in [-0.2, -0.15) is 4.31 Å². The highest BCUT2D eigenvalue weighted by Gasteiger charge is 2.35. The molecular formula is C11H20N2O4S. The number of amides is 1. The van der Waals surface area contributed by atoms with Gasteiger partial charge in [-0.1, -0.05) is 0 Å². The fourth-order valence-corrected chi connectivity index (χ4v) is 3.33. The highest BCUT2D eigenvalue weighted by atomic mass is 32.2. The van der Waals surface area contributed by atoms with Crippen molar-refractivity contribution in [3.05, 3.63) is 0 Å². The summed E-state index contributed by atoms with van der Waals surface area (Å²) in [5.74, 6) is 0.0209. The molecule has 2 rings (SSSR count). The summed E-state index contributed by atoms with van der Waals surface area (Å²) in [7, 11) is -3.19. The van der Waals surface area contributed by atoms with E-state index in [9.17, 15) is 13.2 Å². The number of morpholine rings is 1. The van der Waals surface area contributed by atoms with Crippen LogP contribution in [0.15, 0.2) is 0 Å². The molecule has 1 heterocycles. The summed E-state index contributed by atoms with van der Waals surface area (Å²) in [5.41, 5.74) is 0. The molecule has 0 N–H and O–H groups in total. The molecule has 2 aliphatic rings. The number of hydrogen-bond donors (Lipinski definition) is 0. The topological polar surface area (TPSA) is 66.9 Å². The molecule has 1 amide bonds. The summed E-state index contributed by atoms with van der Waals surface area (Å²) in [4.78, 5) is 13.7. The first-order chi connectivity index (χ1) is 8.48. The minimum absolute atomic E-state index is 0.0209. The number of carbonyl (C=O) groups excluding carboxylic acids is 1. The van der Waals surface area contributed by atoms with Crippen molar-refractivity contribution in [2.24, 2.45) is 0 Å². The lowest BCUT2D eigenvalue weighted by molar-refractivity contribution is -0.135. The van der Waals surface area contributed by atoms with Gasteiger partial charge in [-0.05, 0) is 12.8 Å². The molecular weight excluding hydrogens is 256 g/mol. The van der Waals surface area contributed by atoms with Gasteiger partial charge in [-0.15, -0.1) is 0 Å². The van der Waals surface area contributed by atoms with Crippen LogP contribution >= 0.6 is 0 Å². The fraction of sp³-hybridized carbons (Fsp3) is 0.909. The molecule has 0 unspecified atom stereocenters. The lowest BCUT2D eigenvalue weighted by atomic mass is 10.3. The largest absolute Gasteiger partial charge is 0.378 e. The normalized spacial score (nSPS) is 21.3. The van der Waals surface area contributed by atoms with Crippen molar-refractivity contribution in [2.75, 3.05) is 39.1 Å².